The van der Waals surface area contributed by atoms with Gasteiger partial charge in [-0.25, -0.2) is 12.8 Å². The molecule has 0 aromatic heterocycles. The van der Waals surface area contributed by atoms with Crippen LogP contribution in [0.2, 0.25) is 0 Å². The predicted molar refractivity (Wildman–Crippen MR) is 82.8 cm³/mol. The number of rotatable bonds is 5. The van der Waals surface area contributed by atoms with Crippen molar-refractivity contribution in [2.45, 2.75) is 17.9 Å². The lowest BCUT2D eigenvalue weighted by Gasteiger charge is -2.26. The van der Waals surface area contributed by atoms with Gasteiger partial charge in [0.2, 0.25) is 10.0 Å². The molecule has 1 atom stereocenters. The van der Waals surface area contributed by atoms with Crippen molar-refractivity contribution in [3.8, 4) is 5.75 Å². The van der Waals surface area contributed by atoms with E-state index in [1.54, 1.807) is 19.1 Å². The summed E-state index contributed by atoms with van der Waals surface area (Å²) in [7, 11) is -0.792. The highest BCUT2D eigenvalue weighted by atomic mass is 32.2. The molecular formula is C16H18FNO3S. The number of hydrogen-bond donors (Lipinski definition) is 0. The van der Waals surface area contributed by atoms with E-state index in [-0.39, 0.29) is 4.90 Å². The Morgan fingerprint density at radius 1 is 1.14 bits per heavy atom. The van der Waals surface area contributed by atoms with E-state index in [0.717, 1.165) is 11.6 Å². The lowest BCUT2D eigenvalue weighted by molar-refractivity contribution is 0.367. The van der Waals surface area contributed by atoms with Gasteiger partial charge in [-0.3, -0.25) is 0 Å². The fourth-order valence-corrected chi connectivity index (χ4v) is 3.58. The summed E-state index contributed by atoms with van der Waals surface area (Å²) in [4.78, 5) is -0.0725. The van der Waals surface area contributed by atoms with Gasteiger partial charge in [0.1, 0.15) is 11.6 Å². The van der Waals surface area contributed by atoms with Crippen LogP contribution in [0.25, 0.3) is 0 Å². The van der Waals surface area contributed by atoms with E-state index >= 15 is 0 Å². The molecule has 0 aliphatic carbocycles. The molecule has 0 radical (unpaired) electrons. The largest absolute Gasteiger partial charge is 0.496 e. The Kier molecular flexibility index (Phi) is 4.83. The van der Waals surface area contributed by atoms with Crippen LogP contribution in [-0.4, -0.2) is 26.9 Å². The maximum absolute atomic E-state index is 13.3. The molecule has 0 heterocycles. The topological polar surface area (TPSA) is 46.6 Å². The summed E-state index contributed by atoms with van der Waals surface area (Å²) in [6.07, 6.45) is 0. The van der Waals surface area contributed by atoms with Gasteiger partial charge in [0.25, 0.3) is 0 Å². The van der Waals surface area contributed by atoms with Crippen LogP contribution in [0.4, 0.5) is 4.39 Å². The van der Waals surface area contributed by atoms with E-state index in [4.69, 9.17) is 4.74 Å². The molecule has 0 spiro atoms. The van der Waals surface area contributed by atoms with Crippen molar-refractivity contribution in [2.24, 2.45) is 0 Å². The van der Waals surface area contributed by atoms with Gasteiger partial charge in [0.15, 0.2) is 0 Å². The molecule has 0 amide bonds. The van der Waals surface area contributed by atoms with E-state index in [0.29, 0.717) is 5.75 Å². The van der Waals surface area contributed by atoms with E-state index in [9.17, 15) is 12.8 Å². The van der Waals surface area contributed by atoms with Crippen LogP contribution in [0.5, 0.6) is 5.75 Å². The van der Waals surface area contributed by atoms with Gasteiger partial charge in [0, 0.05) is 12.6 Å². The minimum Gasteiger partial charge on any atom is -0.496 e. The van der Waals surface area contributed by atoms with Crippen LogP contribution in [0.15, 0.2) is 53.4 Å². The molecule has 0 saturated carbocycles. The van der Waals surface area contributed by atoms with Gasteiger partial charge in [-0.05, 0) is 31.2 Å². The van der Waals surface area contributed by atoms with E-state index in [1.165, 1.54) is 36.7 Å². The van der Waals surface area contributed by atoms with Gasteiger partial charge in [-0.15, -0.1) is 0 Å². The minimum absolute atomic E-state index is 0.0725. The molecule has 0 saturated heterocycles. The number of hydrogen-bond acceptors (Lipinski definition) is 3. The molecule has 22 heavy (non-hydrogen) atoms. The fraction of sp³-hybridized carbons (Fsp3) is 0.250. The number of sulfonamides is 1. The zero-order chi connectivity index (χ0) is 16.3. The second kappa shape index (κ2) is 6.46. The molecular weight excluding hydrogens is 305 g/mol. The minimum atomic E-state index is -3.80. The van der Waals surface area contributed by atoms with Crippen LogP contribution in [0, 0.1) is 5.82 Å². The predicted octanol–water partition coefficient (Wildman–Crippen LogP) is 3.22. The number of methoxy groups -OCH3 is 1. The monoisotopic (exact) mass is 323 g/mol. The highest BCUT2D eigenvalue weighted by Crippen LogP contribution is 2.31. The molecule has 2 rings (SSSR count). The molecule has 6 heteroatoms. The summed E-state index contributed by atoms with van der Waals surface area (Å²) >= 11 is 0. The maximum atomic E-state index is 13.3. The summed E-state index contributed by atoms with van der Waals surface area (Å²) in [5, 5.41) is 0. The summed E-state index contributed by atoms with van der Waals surface area (Å²) in [6.45, 7) is 1.76. The molecule has 0 bridgehead atoms. The lowest BCUT2D eigenvalue weighted by atomic mass is 10.1. The number of nitrogens with zero attached hydrogens (tertiary/aromatic N) is 1. The summed E-state index contributed by atoms with van der Waals surface area (Å²) in [6, 6.07) is 11.7. The molecule has 118 valence electrons. The zero-order valence-corrected chi connectivity index (χ0v) is 13.5. The lowest BCUT2D eigenvalue weighted by Crippen LogP contribution is -2.30. The van der Waals surface area contributed by atoms with Crippen molar-refractivity contribution in [3.63, 3.8) is 0 Å². The van der Waals surface area contributed by atoms with Gasteiger partial charge in [0.05, 0.1) is 18.0 Å². The molecule has 4 nitrogen and oxygen atoms in total. The first-order valence-corrected chi connectivity index (χ1v) is 8.18. The van der Waals surface area contributed by atoms with Crippen molar-refractivity contribution in [2.75, 3.05) is 14.2 Å². The Bertz CT molecular complexity index is 761. The second-order valence-corrected chi connectivity index (χ2v) is 6.89. The van der Waals surface area contributed by atoms with E-state index in [1.807, 2.05) is 12.1 Å². The first-order chi connectivity index (χ1) is 10.4. The van der Waals surface area contributed by atoms with Crippen LogP contribution in [-0.2, 0) is 10.0 Å². The average Bonchev–Trinajstić information content (AvgIpc) is 2.53. The standard InChI is InChI=1S/C16H18FNO3S/c1-12(15-9-4-5-10-16(15)21-3)18(2)22(19,20)14-8-6-7-13(17)11-14/h4-12H,1-3H3. The van der Waals surface area contributed by atoms with Gasteiger partial charge in [-0.2, -0.15) is 4.31 Å². The smallest absolute Gasteiger partial charge is 0.243 e. The van der Waals surface area contributed by atoms with Crippen LogP contribution < -0.4 is 4.74 Å². The molecule has 2 aromatic carbocycles. The van der Waals surface area contributed by atoms with Crippen molar-refractivity contribution in [1.29, 1.82) is 0 Å². The van der Waals surface area contributed by atoms with E-state index < -0.39 is 21.9 Å². The zero-order valence-electron chi connectivity index (χ0n) is 12.7. The molecule has 0 fully saturated rings. The van der Waals surface area contributed by atoms with Crippen LogP contribution >= 0.6 is 0 Å². The number of para-hydroxylation sites is 1. The van der Waals surface area contributed by atoms with Crippen LogP contribution in [0.1, 0.15) is 18.5 Å². The van der Waals surface area contributed by atoms with Gasteiger partial charge in [-0.1, -0.05) is 24.3 Å². The third kappa shape index (κ3) is 3.13. The Morgan fingerprint density at radius 2 is 1.82 bits per heavy atom. The Morgan fingerprint density at radius 3 is 2.45 bits per heavy atom. The normalized spacial score (nSPS) is 13.1. The molecule has 0 aliphatic heterocycles. The molecule has 1 unspecified atom stereocenters. The number of benzene rings is 2. The number of ether oxygens (including phenoxy) is 1. The number of halogens is 1. The fourth-order valence-electron chi connectivity index (χ4n) is 2.21. The highest BCUT2D eigenvalue weighted by Gasteiger charge is 2.28. The Balaban J connectivity index is 2.40. The average molecular weight is 323 g/mol. The van der Waals surface area contributed by atoms with Crippen molar-refractivity contribution >= 4 is 10.0 Å². The third-order valence-corrected chi connectivity index (χ3v) is 5.53. The van der Waals surface area contributed by atoms with E-state index in [2.05, 4.69) is 0 Å². The highest BCUT2D eigenvalue weighted by molar-refractivity contribution is 7.89. The maximum Gasteiger partial charge on any atom is 0.243 e. The third-order valence-electron chi connectivity index (χ3n) is 3.61. The Labute approximate surface area is 130 Å². The van der Waals surface area contributed by atoms with Crippen molar-refractivity contribution < 1.29 is 17.5 Å². The van der Waals surface area contributed by atoms with Crippen molar-refractivity contribution in [1.82, 2.24) is 4.31 Å². The first kappa shape index (κ1) is 16.5. The van der Waals surface area contributed by atoms with Gasteiger partial charge < -0.3 is 4.74 Å². The van der Waals surface area contributed by atoms with Crippen LogP contribution in [0.3, 0.4) is 0 Å². The SMILES string of the molecule is COc1ccccc1C(C)N(C)S(=O)(=O)c1cccc(F)c1. The van der Waals surface area contributed by atoms with Crippen molar-refractivity contribution in [3.05, 3.63) is 59.9 Å². The summed E-state index contributed by atoms with van der Waals surface area (Å²) in [5.74, 6) is 0.0238. The summed E-state index contributed by atoms with van der Waals surface area (Å²) < 4.78 is 45.0. The van der Waals surface area contributed by atoms with Gasteiger partial charge >= 0.3 is 0 Å². The Hall–Kier alpha value is -1.92. The quantitative estimate of drug-likeness (QED) is 0.849. The second-order valence-electron chi connectivity index (χ2n) is 4.90. The molecule has 0 N–H and O–H groups in total. The molecule has 2 aromatic rings. The first-order valence-electron chi connectivity index (χ1n) is 6.74. The summed E-state index contributed by atoms with van der Waals surface area (Å²) in [5.41, 5.74) is 0.743. The molecule has 0 aliphatic rings.